The molecule has 0 aliphatic rings. The molecular weight excluding hydrogens is 248 g/mol. The van der Waals surface area contributed by atoms with Gasteiger partial charge in [0.1, 0.15) is 0 Å². The third-order valence-electron chi connectivity index (χ3n) is 2.59. The van der Waals surface area contributed by atoms with Gasteiger partial charge in [0, 0.05) is 15.7 Å². The highest BCUT2D eigenvalue weighted by molar-refractivity contribution is 7.99. The molecule has 0 aliphatic carbocycles. The van der Waals surface area contributed by atoms with Crippen molar-refractivity contribution < 1.29 is 0 Å². The van der Waals surface area contributed by atoms with Gasteiger partial charge < -0.3 is 0 Å². The summed E-state index contributed by atoms with van der Waals surface area (Å²) in [4.78, 5) is 1.37. The highest BCUT2D eigenvalue weighted by Gasteiger charge is 2.06. The summed E-state index contributed by atoms with van der Waals surface area (Å²) in [5.74, 6) is 2.64. The fourth-order valence-electron chi connectivity index (χ4n) is 1.57. The molecule has 0 N–H and O–H groups in total. The monoisotopic (exact) mass is 270 g/mol. The van der Waals surface area contributed by atoms with E-state index in [1.807, 2.05) is 17.8 Å². The molecule has 2 heteroatoms. The second-order valence-corrected chi connectivity index (χ2v) is 6.89. The van der Waals surface area contributed by atoms with Crippen LogP contribution in [0.4, 0.5) is 0 Å². The van der Waals surface area contributed by atoms with Crippen molar-refractivity contribution in [2.24, 2.45) is 11.8 Å². The molecule has 0 aromatic heterocycles. The summed E-state index contributed by atoms with van der Waals surface area (Å²) >= 11 is 8.02. The highest BCUT2D eigenvalue weighted by atomic mass is 35.5. The maximum Gasteiger partial charge on any atom is 0.0417 e. The SMILES string of the molecule is CC(C)CCc1ccc(Cl)cc1SCC(C)C. The summed E-state index contributed by atoms with van der Waals surface area (Å²) in [6.45, 7) is 9.06. The van der Waals surface area contributed by atoms with Crippen molar-refractivity contribution in [1.29, 1.82) is 0 Å². The lowest BCUT2D eigenvalue weighted by atomic mass is 10.0. The Morgan fingerprint density at radius 1 is 1.12 bits per heavy atom. The number of hydrogen-bond acceptors (Lipinski definition) is 1. The van der Waals surface area contributed by atoms with Gasteiger partial charge in [-0.25, -0.2) is 0 Å². The van der Waals surface area contributed by atoms with Crippen LogP contribution >= 0.6 is 23.4 Å². The van der Waals surface area contributed by atoms with E-state index in [2.05, 4.69) is 39.8 Å². The Kier molecular flexibility index (Phi) is 6.43. The van der Waals surface area contributed by atoms with E-state index in [1.165, 1.54) is 16.9 Å². The standard InChI is InChI=1S/C15H23ClS/c1-11(2)5-6-13-7-8-14(16)9-15(13)17-10-12(3)4/h7-9,11-12H,5-6,10H2,1-4H3. The second-order valence-electron chi connectivity index (χ2n) is 5.39. The molecule has 0 fully saturated rings. The Labute approximate surface area is 115 Å². The molecule has 96 valence electrons. The van der Waals surface area contributed by atoms with Crippen molar-refractivity contribution in [2.45, 2.75) is 45.4 Å². The number of benzene rings is 1. The van der Waals surface area contributed by atoms with Crippen LogP contribution in [0.3, 0.4) is 0 Å². The minimum absolute atomic E-state index is 0.719. The molecule has 17 heavy (non-hydrogen) atoms. The van der Waals surface area contributed by atoms with Crippen molar-refractivity contribution >= 4 is 23.4 Å². The fraction of sp³-hybridized carbons (Fsp3) is 0.600. The van der Waals surface area contributed by atoms with E-state index in [-0.39, 0.29) is 0 Å². The summed E-state index contributed by atoms with van der Waals surface area (Å²) in [6, 6.07) is 6.31. The molecular formula is C15H23ClS. The Hall–Kier alpha value is -0.140. The van der Waals surface area contributed by atoms with Crippen molar-refractivity contribution in [3.8, 4) is 0 Å². The van der Waals surface area contributed by atoms with Gasteiger partial charge in [0.15, 0.2) is 0 Å². The first kappa shape index (κ1) is 14.9. The third-order valence-corrected chi connectivity index (χ3v) is 4.35. The van der Waals surface area contributed by atoms with Gasteiger partial charge in [-0.2, -0.15) is 0 Å². The van der Waals surface area contributed by atoms with Gasteiger partial charge in [0.25, 0.3) is 0 Å². The zero-order chi connectivity index (χ0) is 12.8. The van der Waals surface area contributed by atoms with Crippen molar-refractivity contribution in [3.05, 3.63) is 28.8 Å². The minimum Gasteiger partial charge on any atom is -0.126 e. The molecule has 0 spiro atoms. The fourth-order valence-corrected chi connectivity index (χ4v) is 2.89. The Bertz CT molecular complexity index is 345. The summed E-state index contributed by atoms with van der Waals surface area (Å²) in [5.41, 5.74) is 1.45. The molecule has 0 radical (unpaired) electrons. The van der Waals surface area contributed by atoms with E-state index in [1.54, 1.807) is 0 Å². The van der Waals surface area contributed by atoms with Crippen LogP contribution in [0.15, 0.2) is 23.1 Å². The van der Waals surface area contributed by atoms with Crippen LogP contribution in [0.25, 0.3) is 0 Å². The Balaban J connectivity index is 2.72. The van der Waals surface area contributed by atoms with E-state index >= 15 is 0 Å². The smallest absolute Gasteiger partial charge is 0.0417 e. The average Bonchev–Trinajstić information content (AvgIpc) is 2.24. The number of hydrogen-bond donors (Lipinski definition) is 0. The van der Waals surface area contributed by atoms with Crippen molar-refractivity contribution in [2.75, 3.05) is 5.75 Å². The molecule has 0 atom stereocenters. The quantitative estimate of drug-likeness (QED) is 0.600. The molecule has 0 heterocycles. The largest absolute Gasteiger partial charge is 0.126 e. The summed E-state index contributed by atoms with van der Waals surface area (Å²) in [6.07, 6.45) is 2.41. The Morgan fingerprint density at radius 2 is 1.82 bits per heavy atom. The maximum atomic E-state index is 6.08. The highest BCUT2D eigenvalue weighted by Crippen LogP contribution is 2.29. The zero-order valence-corrected chi connectivity index (χ0v) is 12.9. The average molecular weight is 271 g/mol. The lowest BCUT2D eigenvalue weighted by Crippen LogP contribution is -1.96. The first-order valence-corrected chi connectivity index (χ1v) is 7.76. The van der Waals surface area contributed by atoms with Crippen molar-refractivity contribution in [1.82, 2.24) is 0 Å². The third kappa shape index (κ3) is 5.83. The number of rotatable bonds is 6. The van der Waals surface area contributed by atoms with E-state index in [0.717, 1.165) is 29.0 Å². The lowest BCUT2D eigenvalue weighted by molar-refractivity contribution is 0.584. The molecule has 0 saturated carbocycles. The Morgan fingerprint density at radius 3 is 2.41 bits per heavy atom. The lowest BCUT2D eigenvalue weighted by Gasteiger charge is -2.12. The van der Waals surface area contributed by atoms with Gasteiger partial charge >= 0.3 is 0 Å². The van der Waals surface area contributed by atoms with Gasteiger partial charge in [-0.3, -0.25) is 0 Å². The molecule has 0 aliphatic heterocycles. The topological polar surface area (TPSA) is 0 Å². The second kappa shape index (κ2) is 7.33. The molecule has 0 unspecified atom stereocenters. The van der Waals surface area contributed by atoms with Crippen LogP contribution in [-0.4, -0.2) is 5.75 Å². The number of aryl methyl sites for hydroxylation is 1. The van der Waals surface area contributed by atoms with Crippen molar-refractivity contribution in [3.63, 3.8) is 0 Å². The van der Waals surface area contributed by atoms with E-state index in [0.29, 0.717) is 0 Å². The van der Waals surface area contributed by atoms with E-state index in [9.17, 15) is 0 Å². The summed E-state index contributed by atoms with van der Waals surface area (Å²) < 4.78 is 0. The van der Waals surface area contributed by atoms with Gasteiger partial charge in [0.05, 0.1) is 0 Å². The van der Waals surface area contributed by atoms with Crippen LogP contribution in [0.5, 0.6) is 0 Å². The van der Waals surface area contributed by atoms with Crippen LogP contribution in [0.2, 0.25) is 5.02 Å². The molecule has 1 aromatic rings. The summed E-state index contributed by atoms with van der Waals surface area (Å²) in [7, 11) is 0. The number of thioether (sulfide) groups is 1. The van der Waals surface area contributed by atoms with E-state index < -0.39 is 0 Å². The maximum absolute atomic E-state index is 6.08. The molecule has 0 saturated heterocycles. The van der Waals surface area contributed by atoms with Gasteiger partial charge in [-0.15, -0.1) is 11.8 Å². The predicted octanol–water partition coefficient (Wildman–Crippen LogP) is 5.68. The van der Waals surface area contributed by atoms with Crippen LogP contribution in [0, 0.1) is 11.8 Å². The first-order chi connectivity index (χ1) is 7.99. The van der Waals surface area contributed by atoms with Crippen LogP contribution in [-0.2, 0) is 6.42 Å². The predicted molar refractivity (Wildman–Crippen MR) is 80.2 cm³/mol. The number of halogens is 1. The first-order valence-electron chi connectivity index (χ1n) is 6.40. The van der Waals surface area contributed by atoms with Gasteiger partial charge in [-0.1, -0.05) is 45.4 Å². The molecule has 1 rings (SSSR count). The summed E-state index contributed by atoms with van der Waals surface area (Å²) in [5, 5.41) is 0.851. The van der Waals surface area contributed by atoms with Crippen LogP contribution < -0.4 is 0 Å². The van der Waals surface area contributed by atoms with Crippen LogP contribution in [0.1, 0.15) is 39.7 Å². The normalized spacial score (nSPS) is 11.5. The minimum atomic E-state index is 0.719. The van der Waals surface area contributed by atoms with Gasteiger partial charge in [0.2, 0.25) is 0 Å². The zero-order valence-electron chi connectivity index (χ0n) is 11.3. The molecule has 1 aromatic carbocycles. The van der Waals surface area contributed by atoms with Gasteiger partial charge in [-0.05, 0) is 42.4 Å². The molecule has 0 nitrogen and oxygen atoms in total. The van der Waals surface area contributed by atoms with E-state index in [4.69, 9.17) is 11.6 Å². The molecule has 0 bridgehead atoms. The molecule has 0 amide bonds.